The van der Waals surface area contributed by atoms with E-state index in [0.717, 1.165) is 0 Å². The minimum absolute atomic E-state index is 0.0156. The molecule has 2 aromatic rings. The highest BCUT2D eigenvalue weighted by Gasteiger charge is 2.13. The maximum absolute atomic E-state index is 11.9. The molecule has 0 aliphatic rings. The van der Waals surface area contributed by atoms with Crippen molar-refractivity contribution in [3.8, 4) is 0 Å². The van der Waals surface area contributed by atoms with Crippen molar-refractivity contribution in [2.24, 2.45) is 0 Å². The lowest BCUT2D eigenvalue weighted by Gasteiger charge is -2.00. The van der Waals surface area contributed by atoms with E-state index in [1.165, 1.54) is 0 Å². The molecule has 1 aromatic heterocycles. The van der Waals surface area contributed by atoms with Gasteiger partial charge in [-0.3, -0.25) is 4.79 Å². The Labute approximate surface area is 99.1 Å². The number of pyridine rings is 1. The largest absolute Gasteiger partial charge is 0.287 e. The molecule has 2 rings (SSSR count). The van der Waals surface area contributed by atoms with Gasteiger partial charge in [-0.25, -0.2) is 0 Å². The summed E-state index contributed by atoms with van der Waals surface area (Å²) in [5.74, 6) is 0.0156. The van der Waals surface area contributed by atoms with Gasteiger partial charge in [0.05, 0.1) is 5.02 Å². The average molecular weight is 233 g/mol. The van der Waals surface area contributed by atoms with Gasteiger partial charge >= 0.3 is 0 Å². The third-order valence-corrected chi connectivity index (χ3v) is 2.61. The Morgan fingerprint density at radius 3 is 2.44 bits per heavy atom. The van der Waals surface area contributed by atoms with Crippen LogP contribution >= 0.6 is 11.6 Å². The van der Waals surface area contributed by atoms with Crippen molar-refractivity contribution in [2.75, 3.05) is 0 Å². The third kappa shape index (κ3) is 2.47. The molecule has 0 fully saturated rings. The van der Waals surface area contributed by atoms with E-state index in [1.807, 2.05) is 47.3 Å². The first-order valence-electron chi connectivity index (χ1n) is 4.99. The third-order valence-electron chi connectivity index (χ3n) is 2.28. The standard InChI is InChI=1S/C13H11ClNO/c14-12-7-3-2-6-11(12)13(16)10-15-8-4-1-5-9-15/h1-9H,10H2/q+1. The number of rotatable bonds is 3. The number of hydrogen-bond donors (Lipinski definition) is 0. The maximum Gasteiger partial charge on any atom is 0.229 e. The Morgan fingerprint density at radius 2 is 1.75 bits per heavy atom. The van der Waals surface area contributed by atoms with Gasteiger partial charge in [-0.05, 0) is 12.1 Å². The normalized spacial score (nSPS) is 10.1. The molecule has 16 heavy (non-hydrogen) atoms. The van der Waals surface area contributed by atoms with Crippen LogP contribution in [0.2, 0.25) is 5.02 Å². The number of benzene rings is 1. The van der Waals surface area contributed by atoms with Crippen LogP contribution in [-0.4, -0.2) is 5.78 Å². The van der Waals surface area contributed by atoms with Crippen molar-refractivity contribution >= 4 is 17.4 Å². The van der Waals surface area contributed by atoms with Crippen LogP contribution < -0.4 is 4.57 Å². The molecule has 0 bridgehead atoms. The number of ketones is 1. The summed E-state index contributed by atoms with van der Waals surface area (Å²) in [6.45, 7) is 0.310. The topological polar surface area (TPSA) is 20.9 Å². The van der Waals surface area contributed by atoms with Crippen molar-refractivity contribution in [2.45, 2.75) is 6.54 Å². The van der Waals surface area contributed by atoms with Crippen molar-refractivity contribution in [1.29, 1.82) is 0 Å². The van der Waals surface area contributed by atoms with E-state index in [1.54, 1.807) is 12.1 Å². The zero-order chi connectivity index (χ0) is 11.4. The molecule has 0 spiro atoms. The van der Waals surface area contributed by atoms with Gasteiger partial charge in [0.15, 0.2) is 12.4 Å². The SMILES string of the molecule is O=C(C[n+]1ccccc1)c1ccccc1Cl. The fourth-order valence-corrected chi connectivity index (χ4v) is 1.72. The Bertz CT molecular complexity index is 496. The maximum atomic E-state index is 11.9. The van der Waals surface area contributed by atoms with E-state index in [0.29, 0.717) is 17.1 Å². The second-order valence-electron chi connectivity index (χ2n) is 3.45. The molecular weight excluding hydrogens is 222 g/mol. The molecular formula is C13H11ClNO+. The summed E-state index contributed by atoms with van der Waals surface area (Å²) >= 11 is 5.96. The van der Waals surface area contributed by atoms with Crippen LogP contribution in [0.3, 0.4) is 0 Å². The number of carbonyl (C=O) groups excluding carboxylic acids is 1. The van der Waals surface area contributed by atoms with Crippen molar-refractivity contribution < 1.29 is 9.36 Å². The van der Waals surface area contributed by atoms with Crippen LogP contribution in [0.15, 0.2) is 54.9 Å². The van der Waals surface area contributed by atoms with E-state index in [9.17, 15) is 4.79 Å². The second kappa shape index (κ2) is 4.90. The summed E-state index contributed by atoms with van der Waals surface area (Å²) in [6.07, 6.45) is 3.71. The van der Waals surface area contributed by atoms with Crippen LogP contribution in [0, 0.1) is 0 Å². The van der Waals surface area contributed by atoms with Gasteiger partial charge in [0, 0.05) is 17.7 Å². The Morgan fingerprint density at radius 1 is 1.06 bits per heavy atom. The molecule has 0 amide bonds. The van der Waals surface area contributed by atoms with Crippen LogP contribution in [-0.2, 0) is 6.54 Å². The lowest BCUT2D eigenvalue weighted by molar-refractivity contribution is -0.683. The minimum Gasteiger partial charge on any atom is -0.287 e. The highest BCUT2D eigenvalue weighted by molar-refractivity contribution is 6.33. The molecule has 0 unspecified atom stereocenters. The first kappa shape index (κ1) is 10.8. The molecule has 2 nitrogen and oxygen atoms in total. The van der Waals surface area contributed by atoms with Crippen LogP contribution in [0.4, 0.5) is 0 Å². The van der Waals surface area contributed by atoms with Crippen LogP contribution in [0.25, 0.3) is 0 Å². The lowest BCUT2D eigenvalue weighted by Crippen LogP contribution is -2.36. The quantitative estimate of drug-likeness (QED) is 0.589. The highest BCUT2D eigenvalue weighted by atomic mass is 35.5. The van der Waals surface area contributed by atoms with E-state index in [4.69, 9.17) is 11.6 Å². The molecule has 1 heterocycles. The predicted octanol–water partition coefficient (Wildman–Crippen LogP) is 2.51. The van der Waals surface area contributed by atoms with E-state index >= 15 is 0 Å². The van der Waals surface area contributed by atoms with Gasteiger partial charge in [0.1, 0.15) is 0 Å². The molecule has 80 valence electrons. The minimum atomic E-state index is 0.0156. The number of nitrogens with zero attached hydrogens (tertiary/aromatic N) is 1. The number of hydrogen-bond acceptors (Lipinski definition) is 1. The molecule has 0 saturated carbocycles. The van der Waals surface area contributed by atoms with E-state index in [2.05, 4.69) is 0 Å². The lowest BCUT2D eigenvalue weighted by atomic mass is 10.1. The zero-order valence-electron chi connectivity index (χ0n) is 8.64. The number of halogens is 1. The number of aromatic nitrogens is 1. The molecule has 3 heteroatoms. The summed E-state index contributed by atoms with van der Waals surface area (Å²) < 4.78 is 1.83. The summed E-state index contributed by atoms with van der Waals surface area (Å²) in [5.41, 5.74) is 0.570. The molecule has 0 saturated heterocycles. The summed E-state index contributed by atoms with van der Waals surface area (Å²) in [6, 6.07) is 12.8. The van der Waals surface area contributed by atoms with Crippen molar-refractivity contribution in [1.82, 2.24) is 0 Å². The first-order valence-corrected chi connectivity index (χ1v) is 5.37. The van der Waals surface area contributed by atoms with Crippen molar-refractivity contribution in [3.05, 3.63) is 65.4 Å². The van der Waals surface area contributed by atoms with Gasteiger partial charge in [-0.1, -0.05) is 29.8 Å². The highest BCUT2D eigenvalue weighted by Crippen LogP contribution is 2.15. The fourth-order valence-electron chi connectivity index (χ4n) is 1.48. The summed E-state index contributed by atoms with van der Waals surface area (Å²) in [5, 5.41) is 0.504. The number of Topliss-reactive ketones (excluding diaryl/α,β-unsaturated/α-hetero) is 1. The average Bonchev–Trinajstić information content (AvgIpc) is 2.31. The van der Waals surface area contributed by atoms with Crippen LogP contribution in [0.5, 0.6) is 0 Å². The molecule has 0 N–H and O–H groups in total. The van der Waals surface area contributed by atoms with Crippen LogP contribution in [0.1, 0.15) is 10.4 Å². The zero-order valence-corrected chi connectivity index (χ0v) is 9.39. The van der Waals surface area contributed by atoms with Gasteiger partial charge in [0.2, 0.25) is 12.3 Å². The smallest absolute Gasteiger partial charge is 0.229 e. The van der Waals surface area contributed by atoms with Gasteiger partial charge < -0.3 is 0 Å². The van der Waals surface area contributed by atoms with Gasteiger partial charge in [0.25, 0.3) is 0 Å². The van der Waals surface area contributed by atoms with E-state index in [-0.39, 0.29) is 5.78 Å². The second-order valence-corrected chi connectivity index (χ2v) is 3.86. The fraction of sp³-hybridized carbons (Fsp3) is 0.0769. The van der Waals surface area contributed by atoms with Crippen molar-refractivity contribution in [3.63, 3.8) is 0 Å². The molecule has 0 aliphatic heterocycles. The van der Waals surface area contributed by atoms with E-state index < -0.39 is 0 Å². The predicted molar refractivity (Wildman–Crippen MR) is 62.4 cm³/mol. The molecule has 0 atom stereocenters. The first-order chi connectivity index (χ1) is 7.77. The Hall–Kier alpha value is -1.67. The van der Waals surface area contributed by atoms with Gasteiger partial charge in [-0.15, -0.1) is 0 Å². The van der Waals surface area contributed by atoms with Gasteiger partial charge in [-0.2, -0.15) is 4.57 Å². The molecule has 0 aliphatic carbocycles. The number of carbonyl (C=O) groups is 1. The molecule has 1 aromatic carbocycles. The summed E-state index contributed by atoms with van der Waals surface area (Å²) in [7, 11) is 0. The molecule has 0 radical (unpaired) electrons. The monoisotopic (exact) mass is 232 g/mol. The Balaban J connectivity index is 2.19. The summed E-state index contributed by atoms with van der Waals surface area (Å²) in [4.78, 5) is 11.9. The Kier molecular flexibility index (Phi) is 3.32.